The van der Waals surface area contributed by atoms with E-state index < -0.39 is 0 Å². The lowest BCUT2D eigenvalue weighted by atomic mass is 9.98. The normalized spacial score (nSPS) is 9.80. The van der Waals surface area contributed by atoms with Crippen LogP contribution < -0.4 is 0 Å². The minimum absolute atomic E-state index is 0.648. The number of rotatable bonds is 1. The molecule has 0 saturated carbocycles. The fraction of sp³-hybridized carbons (Fsp3) is 0.167. The van der Waals surface area contributed by atoms with Gasteiger partial charge in [-0.05, 0) is 5.56 Å². The van der Waals surface area contributed by atoms with E-state index in [1.165, 1.54) is 0 Å². The highest BCUT2D eigenvalue weighted by Gasteiger charge is 2.01. The van der Waals surface area contributed by atoms with Crippen molar-refractivity contribution in [2.45, 2.75) is 6.32 Å². The van der Waals surface area contributed by atoms with Gasteiger partial charge in [-0.1, -0.05) is 29.5 Å². The number of pyridine rings is 1. The van der Waals surface area contributed by atoms with Crippen LogP contribution in [-0.2, 0) is 6.32 Å². The van der Waals surface area contributed by atoms with Gasteiger partial charge in [0.1, 0.15) is 7.85 Å². The molecule has 0 aromatic carbocycles. The van der Waals surface area contributed by atoms with Crippen LogP contribution in [0.4, 0.5) is 0 Å². The second-order valence-electron chi connectivity index (χ2n) is 1.94. The number of hydrogen-bond acceptors (Lipinski definition) is 1. The average Bonchev–Trinajstić information content (AvgIpc) is 1.88. The first kappa shape index (κ1) is 7.90. The van der Waals surface area contributed by atoms with E-state index in [9.17, 15) is 0 Å². The standard InChI is InChI=1S/C6H6BCl2N/c7-1-4-5(8)2-10-3-6(4)9/h2-3H,1,7H2. The molecule has 0 N–H and O–H groups in total. The Kier molecular flexibility index (Phi) is 2.58. The lowest BCUT2D eigenvalue weighted by Gasteiger charge is -2.00. The number of hydrogen-bond donors (Lipinski definition) is 0. The van der Waals surface area contributed by atoms with Crippen LogP contribution in [0.3, 0.4) is 0 Å². The van der Waals surface area contributed by atoms with Crippen molar-refractivity contribution in [2.24, 2.45) is 0 Å². The Balaban J connectivity index is 3.17. The van der Waals surface area contributed by atoms with Gasteiger partial charge in [-0.3, -0.25) is 4.98 Å². The zero-order chi connectivity index (χ0) is 7.56. The molecule has 1 heterocycles. The second kappa shape index (κ2) is 3.26. The van der Waals surface area contributed by atoms with Crippen LogP contribution >= 0.6 is 23.2 Å². The van der Waals surface area contributed by atoms with Gasteiger partial charge in [0.25, 0.3) is 0 Å². The van der Waals surface area contributed by atoms with E-state index in [0.717, 1.165) is 11.9 Å². The molecule has 1 aromatic heterocycles. The molecule has 10 heavy (non-hydrogen) atoms. The molecular formula is C6H6BCl2N. The third kappa shape index (κ3) is 1.44. The first-order valence-electron chi connectivity index (χ1n) is 3.03. The maximum Gasteiger partial charge on any atom is 0.107 e. The van der Waals surface area contributed by atoms with Crippen LogP contribution in [-0.4, -0.2) is 12.8 Å². The van der Waals surface area contributed by atoms with Gasteiger partial charge in [-0.25, -0.2) is 0 Å². The molecule has 0 bridgehead atoms. The molecule has 0 radical (unpaired) electrons. The Morgan fingerprint density at radius 3 is 2.10 bits per heavy atom. The molecule has 0 atom stereocenters. The fourth-order valence-electron chi connectivity index (χ4n) is 0.776. The quantitative estimate of drug-likeness (QED) is 0.588. The summed E-state index contributed by atoms with van der Waals surface area (Å²) in [6.45, 7) is 0. The Labute approximate surface area is 70.8 Å². The van der Waals surface area contributed by atoms with E-state index in [-0.39, 0.29) is 0 Å². The van der Waals surface area contributed by atoms with Crippen LogP contribution in [0.25, 0.3) is 0 Å². The predicted molar refractivity (Wildman–Crippen MR) is 46.5 cm³/mol. The van der Waals surface area contributed by atoms with E-state index in [1.807, 2.05) is 7.85 Å². The van der Waals surface area contributed by atoms with Crippen LogP contribution in [0.5, 0.6) is 0 Å². The minimum Gasteiger partial charge on any atom is -0.262 e. The molecule has 0 unspecified atom stereocenters. The highest BCUT2D eigenvalue weighted by atomic mass is 35.5. The molecule has 0 amide bonds. The Morgan fingerprint density at radius 2 is 1.80 bits per heavy atom. The van der Waals surface area contributed by atoms with Crippen molar-refractivity contribution in [1.29, 1.82) is 0 Å². The van der Waals surface area contributed by atoms with Gasteiger partial charge in [-0.15, -0.1) is 0 Å². The van der Waals surface area contributed by atoms with Crippen molar-refractivity contribution < 1.29 is 0 Å². The SMILES string of the molecule is BCc1c(Cl)cncc1Cl. The van der Waals surface area contributed by atoms with E-state index in [0.29, 0.717) is 10.0 Å². The first-order chi connectivity index (χ1) is 4.75. The van der Waals surface area contributed by atoms with Crippen molar-refractivity contribution >= 4 is 31.0 Å². The Hall–Kier alpha value is -0.205. The maximum atomic E-state index is 5.78. The van der Waals surface area contributed by atoms with Gasteiger partial charge < -0.3 is 0 Å². The van der Waals surface area contributed by atoms with Gasteiger partial charge in [0.05, 0.1) is 10.0 Å². The second-order valence-corrected chi connectivity index (χ2v) is 2.75. The molecule has 0 aliphatic carbocycles. The van der Waals surface area contributed by atoms with Crippen molar-refractivity contribution in [3.8, 4) is 0 Å². The van der Waals surface area contributed by atoms with Crippen LogP contribution in [0.1, 0.15) is 5.56 Å². The Morgan fingerprint density at radius 1 is 1.30 bits per heavy atom. The summed E-state index contributed by atoms with van der Waals surface area (Å²) in [5, 5.41) is 1.30. The van der Waals surface area contributed by atoms with Gasteiger partial charge in [0.15, 0.2) is 0 Å². The summed E-state index contributed by atoms with van der Waals surface area (Å²) in [5.41, 5.74) is 0.971. The monoisotopic (exact) mass is 173 g/mol. The van der Waals surface area contributed by atoms with Crippen LogP contribution in [0.2, 0.25) is 10.0 Å². The van der Waals surface area contributed by atoms with Crippen molar-refractivity contribution in [3.63, 3.8) is 0 Å². The topological polar surface area (TPSA) is 12.9 Å². The average molecular weight is 174 g/mol. The molecule has 1 rings (SSSR count). The lowest BCUT2D eigenvalue weighted by Crippen LogP contribution is -1.87. The number of nitrogens with zero attached hydrogens (tertiary/aromatic N) is 1. The van der Waals surface area contributed by atoms with Gasteiger partial charge in [0.2, 0.25) is 0 Å². The van der Waals surface area contributed by atoms with Crippen molar-refractivity contribution in [1.82, 2.24) is 4.98 Å². The molecule has 4 heteroatoms. The van der Waals surface area contributed by atoms with Crippen LogP contribution in [0.15, 0.2) is 12.4 Å². The van der Waals surface area contributed by atoms with Crippen LogP contribution in [0, 0.1) is 0 Å². The summed E-state index contributed by atoms with van der Waals surface area (Å²) in [6.07, 6.45) is 4.05. The molecule has 1 nitrogen and oxygen atoms in total. The van der Waals surface area contributed by atoms with Gasteiger partial charge in [0, 0.05) is 12.4 Å². The minimum atomic E-state index is 0.648. The van der Waals surface area contributed by atoms with E-state index in [2.05, 4.69) is 4.98 Å². The van der Waals surface area contributed by atoms with E-state index in [4.69, 9.17) is 23.2 Å². The largest absolute Gasteiger partial charge is 0.262 e. The number of aromatic nitrogens is 1. The molecular weight excluding hydrogens is 168 g/mol. The molecule has 0 aliphatic heterocycles. The highest BCUT2D eigenvalue weighted by Crippen LogP contribution is 2.21. The van der Waals surface area contributed by atoms with Crippen molar-refractivity contribution in [2.75, 3.05) is 0 Å². The summed E-state index contributed by atoms with van der Waals surface area (Å²) in [5.74, 6) is 0. The first-order valence-corrected chi connectivity index (χ1v) is 3.79. The van der Waals surface area contributed by atoms with E-state index in [1.54, 1.807) is 12.4 Å². The molecule has 52 valence electrons. The summed E-state index contributed by atoms with van der Waals surface area (Å²) in [4.78, 5) is 3.83. The molecule has 0 aliphatic rings. The highest BCUT2D eigenvalue weighted by molar-refractivity contribution is 6.36. The molecule has 0 spiro atoms. The zero-order valence-electron chi connectivity index (χ0n) is 5.56. The molecule has 0 fully saturated rings. The summed E-state index contributed by atoms with van der Waals surface area (Å²) in [6, 6.07) is 0. The molecule has 1 aromatic rings. The fourth-order valence-corrected chi connectivity index (χ4v) is 1.41. The third-order valence-electron chi connectivity index (χ3n) is 1.31. The van der Waals surface area contributed by atoms with Gasteiger partial charge >= 0.3 is 0 Å². The Bertz CT molecular complexity index is 219. The number of halogens is 2. The summed E-state index contributed by atoms with van der Waals surface area (Å²) in [7, 11) is 2.01. The van der Waals surface area contributed by atoms with Crippen molar-refractivity contribution in [3.05, 3.63) is 28.0 Å². The smallest absolute Gasteiger partial charge is 0.107 e. The predicted octanol–water partition coefficient (Wildman–Crippen LogP) is 1.52. The summed E-state index contributed by atoms with van der Waals surface area (Å²) >= 11 is 11.6. The van der Waals surface area contributed by atoms with E-state index >= 15 is 0 Å². The third-order valence-corrected chi connectivity index (χ3v) is 1.96. The van der Waals surface area contributed by atoms with Gasteiger partial charge in [-0.2, -0.15) is 0 Å². The lowest BCUT2D eigenvalue weighted by molar-refractivity contribution is 1.27. The molecule has 0 saturated heterocycles. The zero-order valence-corrected chi connectivity index (χ0v) is 7.08. The summed E-state index contributed by atoms with van der Waals surface area (Å²) < 4.78 is 0. The maximum absolute atomic E-state index is 5.78.